The lowest BCUT2D eigenvalue weighted by Crippen LogP contribution is -2.34. The van der Waals surface area contributed by atoms with Crippen LogP contribution in [-0.2, 0) is 11.3 Å². The number of ether oxygens (including phenoxy) is 1. The first-order chi connectivity index (χ1) is 9.22. The molecular weight excluding hydrogens is 240 g/mol. The zero-order valence-electron chi connectivity index (χ0n) is 11.9. The Morgan fingerprint density at radius 3 is 2.68 bits per heavy atom. The summed E-state index contributed by atoms with van der Waals surface area (Å²) in [4.78, 5) is 11.1. The van der Waals surface area contributed by atoms with Crippen molar-refractivity contribution >= 4 is 11.6 Å². The quantitative estimate of drug-likeness (QED) is 0.883. The van der Waals surface area contributed by atoms with E-state index >= 15 is 0 Å². The molecule has 2 rings (SSSR count). The molecule has 2 N–H and O–H groups in total. The summed E-state index contributed by atoms with van der Waals surface area (Å²) in [5, 5.41) is 0. The molecule has 0 radical (unpaired) electrons. The molecule has 0 aliphatic carbocycles. The fraction of sp³-hybridized carbons (Fsp3) is 0.714. The Bertz CT molecular complexity index is 402. The third-order valence-electron chi connectivity index (χ3n) is 3.73. The van der Waals surface area contributed by atoms with E-state index in [1.807, 2.05) is 13.0 Å². The second-order valence-electron chi connectivity index (χ2n) is 5.04. The van der Waals surface area contributed by atoms with Crippen LogP contribution in [0.1, 0.15) is 38.9 Å². The van der Waals surface area contributed by atoms with Gasteiger partial charge in [-0.3, -0.25) is 0 Å². The van der Waals surface area contributed by atoms with Gasteiger partial charge < -0.3 is 15.4 Å². The van der Waals surface area contributed by atoms with Gasteiger partial charge in [0.05, 0.1) is 0 Å². The number of nitrogen functional groups attached to an aromatic ring is 1. The zero-order valence-corrected chi connectivity index (χ0v) is 11.9. The number of nitrogens with two attached hydrogens (primary N) is 1. The van der Waals surface area contributed by atoms with Crippen LogP contribution in [-0.4, -0.2) is 29.7 Å². The van der Waals surface area contributed by atoms with Crippen LogP contribution in [0.2, 0.25) is 0 Å². The Kier molecular flexibility index (Phi) is 4.96. The minimum absolute atomic E-state index is 0.431. The minimum atomic E-state index is 0.431. The van der Waals surface area contributed by atoms with Gasteiger partial charge in [-0.2, -0.15) is 0 Å². The number of nitrogens with zero attached hydrogens (tertiary/aromatic N) is 3. The summed E-state index contributed by atoms with van der Waals surface area (Å²) in [5.74, 6) is 3.00. The molecule has 2 heterocycles. The van der Waals surface area contributed by atoms with E-state index in [9.17, 15) is 0 Å². The fourth-order valence-corrected chi connectivity index (χ4v) is 2.49. The Hall–Kier alpha value is -1.36. The Balaban J connectivity index is 2.05. The molecule has 0 saturated carbocycles. The summed E-state index contributed by atoms with van der Waals surface area (Å²) in [6, 6.07) is 1.86. The van der Waals surface area contributed by atoms with Crippen molar-refractivity contribution < 1.29 is 4.74 Å². The van der Waals surface area contributed by atoms with Crippen LogP contribution >= 0.6 is 0 Å². The van der Waals surface area contributed by atoms with Gasteiger partial charge in [-0.05, 0) is 25.7 Å². The molecular formula is C14H24N4O. The van der Waals surface area contributed by atoms with Gasteiger partial charge in [0, 0.05) is 25.8 Å². The van der Waals surface area contributed by atoms with Crippen molar-refractivity contribution in [1.82, 2.24) is 9.97 Å². The van der Waals surface area contributed by atoms with Gasteiger partial charge in [-0.1, -0.05) is 13.3 Å². The molecule has 106 valence electrons. The lowest BCUT2D eigenvalue weighted by Gasteiger charge is -2.32. The second kappa shape index (κ2) is 6.70. The topological polar surface area (TPSA) is 64.3 Å². The van der Waals surface area contributed by atoms with Crippen molar-refractivity contribution in [2.45, 2.75) is 39.7 Å². The summed E-state index contributed by atoms with van der Waals surface area (Å²) in [6.07, 6.45) is 3.75. The first kappa shape index (κ1) is 14.1. The van der Waals surface area contributed by atoms with Gasteiger partial charge in [-0.15, -0.1) is 0 Å². The van der Waals surface area contributed by atoms with Gasteiger partial charge in [0.15, 0.2) is 5.82 Å². The van der Waals surface area contributed by atoms with Gasteiger partial charge in [0.25, 0.3) is 0 Å². The molecule has 0 spiro atoms. The molecule has 1 aromatic rings. The third-order valence-corrected chi connectivity index (χ3v) is 3.73. The normalized spacial score (nSPS) is 16.8. The summed E-state index contributed by atoms with van der Waals surface area (Å²) >= 11 is 0. The molecule has 5 nitrogen and oxygen atoms in total. The summed E-state index contributed by atoms with van der Waals surface area (Å²) < 4.78 is 5.35. The summed E-state index contributed by atoms with van der Waals surface area (Å²) in [5.41, 5.74) is 5.86. The van der Waals surface area contributed by atoms with E-state index in [0.29, 0.717) is 24.9 Å². The fourth-order valence-electron chi connectivity index (χ4n) is 2.49. The molecule has 1 saturated heterocycles. The first-order valence-electron chi connectivity index (χ1n) is 7.19. The lowest BCUT2D eigenvalue weighted by molar-refractivity contribution is 0.128. The minimum Gasteiger partial charge on any atom is -0.384 e. The summed E-state index contributed by atoms with van der Waals surface area (Å²) in [7, 11) is 0. The van der Waals surface area contributed by atoms with Crippen LogP contribution in [0.4, 0.5) is 11.6 Å². The molecule has 5 heteroatoms. The average molecular weight is 264 g/mol. The van der Waals surface area contributed by atoms with E-state index < -0.39 is 0 Å². The first-order valence-corrected chi connectivity index (χ1v) is 7.19. The van der Waals surface area contributed by atoms with Crippen LogP contribution in [0.5, 0.6) is 0 Å². The van der Waals surface area contributed by atoms with Crippen molar-refractivity contribution in [2.75, 3.05) is 30.3 Å². The SMILES string of the molecule is CCOCc1nc(N)cc(N2CCC(CC)CC2)n1. The maximum atomic E-state index is 5.86. The molecule has 0 bridgehead atoms. The Labute approximate surface area is 115 Å². The smallest absolute Gasteiger partial charge is 0.158 e. The van der Waals surface area contributed by atoms with Crippen molar-refractivity contribution in [2.24, 2.45) is 5.92 Å². The van der Waals surface area contributed by atoms with Crippen molar-refractivity contribution in [3.05, 3.63) is 11.9 Å². The average Bonchev–Trinajstić information content (AvgIpc) is 2.44. The predicted octanol–water partition coefficient (Wildman–Crippen LogP) is 2.22. The van der Waals surface area contributed by atoms with Gasteiger partial charge in [-0.25, -0.2) is 9.97 Å². The predicted molar refractivity (Wildman–Crippen MR) is 77.0 cm³/mol. The van der Waals surface area contributed by atoms with Gasteiger partial charge >= 0.3 is 0 Å². The van der Waals surface area contributed by atoms with Crippen LogP contribution in [0, 0.1) is 5.92 Å². The molecule has 0 aromatic carbocycles. The maximum absolute atomic E-state index is 5.86. The zero-order chi connectivity index (χ0) is 13.7. The number of piperidine rings is 1. The highest BCUT2D eigenvalue weighted by Gasteiger charge is 2.19. The highest BCUT2D eigenvalue weighted by atomic mass is 16.5. The van der Waals surface area contributed by atoms with Gasteiger partial charge in [0.1, 0.15) is 18.2 Å². The van der Waals surface area contributed by atoms with E-state index in [2.05, 4.69) is 21.8 Å². The molecule has 1 aromatic heterocycles. The van der Waals surface area contributed by atoms with E-state index in [0.717, 1.165) is 24.8 Å². The molecule has 0 amide bonds. The monoisotopic (exact) mass is 264 g/mol. The van der Waals surface area contributed by atoms with Crippen molar-refractivity contribution in [3.8, 4) is 0 Å². The number of hydrogen-bond acceptors (Lipinski definition) is 5. The number of hydrogen-bond donors (Lipinski definition) is 1. The van der Waals surface area contributed by atoms with Crippen LogP contribution < -0.4 is 10.6 Å². The molecule has 1 fully saturated rings. The van der Waals surface area contributed by atoms with Gasteiger partial charge in [0.2, 0.25) is 0 Å². The number of anilines is 2. The van der Waals surface area contributed by atoms with E-state index in [1.165, 1.54) is 19.3 Å². The maximum Gasteiger partial charge on any atom is 0.158 e. The Morgan fingerprint density at radius 1 is 1.32 bits per heavy atom. The number of aromatic nitrogens is 2. The lowest BCUT2D eigenvalue weighted by atomic mass is 9.94. The number of rotatable bonds is 5. The van der Waals surface area contributed by atoms with Crippen molar-refractivity contribution in [1.29, 1.82) is 0 Å². The van der Waals surface area contributed by atoms with Crippen LogP contribution in [0.15, 0.2) is 6.07 Å². The molecule has 19 heavy (non-hydrogen) atoms. The van der Waals surface area contributed by atoms with E-state index in [4.69, 9.17) is 10.5 Å². The summed E-state index contributed by atoms with van der Waals surface area (Å²) in [6.45, 7) is 7.44. The molecule has 0 atom stereocenters. The molecule has 0 unspecified atom stereocenters. The van der Waals surface area contributed by atoms with Crippen molar-refractivity contribution in [3.63, 3.8) is 0 Å². The molecule has 1 aliphatic rings. The third kappa shape index (κ3) is 3.80. The second-order valence-corrected chi connectivity index (χ2v) is 5.04. The molecule has 1 aliphatic heterocycles. The highest BCUT2D eigenvalue weighted by molar-refractivity contribution is 5.47. The largest absolute Gasteiger partial charge is 0.384 e. The standard InChI is InChI=1S/C14H24N4O/c1-3-11-5-7-18(8-6-11)14-9-12(15)16-13(17-14)10-19-4-2/h9,11H,3-8,10H2,1-2H3,(H2,15,16,17). The van der Waals surface area contributed by atoms with E-state index in [1.54, 1.807) is 0 Å². The highest BCUT2D eigenvalue weighted by Crippen LogP contribution is 2.24. The van der Waals surface area contributed by atoms with Crippen LogP contribution in [0.3, 0.4) is 0 Å². The van der Waals surface area contributed by atoms with Crippen LogP contribution in [0.25, 0.3) is 0 Å². The van der Waals surface area contributed by atoms with E-state index in [-0.39, 0.29) is 0 Å². The Morgan fingerprint density at radius 2 is 2.05 bits per heavy atom.